The number of nitrogens with zero attached hydrogens (tertiary/aromatic N) is 4. The SMILES string of the molecule is CN1CCCN(C(=O)c2cn(Cc3ccccc3)nc2-c2cccs2)CC1. The molecule has 140 valence electrons. The Morgan fingerprint density at radius 2 is 1.93 bits per heavy atom. The van der Waals surface area contributed by atoms with E-state index < -0.39 is 0 Å². The third kappa shape index (κ3) is 4.12. The van der Waals surface area contributed by atoms with Crippen molar-refractivity contribution >= 4 is 17.2 Å². The van der Waals surface area contributed by atoms with Crippen LogP contribution in [0.15, 0.2) is 54.0 Å². The van der Waals surface area contributed by atoms with E-state index in [4.69, 9.17) is 5.10 Å². The first-order valence-corrected chi connectivity index (χ1v) is 10.2. The summed E-state index contributed by atoms with van der Waals surface area (Å²) in [7, 11) is 2.11. The fraction of sp³-hybridized carbons (Fsp3) is 0.333. The third-order valence-corrected chi connectivity index (χ3v) is 5.82. The van der Waals surface area contributed by atoms with Crippen LogP contribution < -0.4 is 0 Å². The quantitative estimate of drug-likeness (QED) is 0.696. The van der Waals surface area contributed by atoms with Crippen molar-refractivity contribution in [2.24, 2.45) is 0 Å². The molecular formula is C21H24N4OS. The van der Waals surface area contributed by atoms with Gasteiger partial charge < -0.3 is 9.80 Å². The largest absolute Gasteiger partial charge is 0.337 e. The number of amides is 1. The van der Waals surface area contributed by atoms with E-state index in [1.807, 2.05) is 51.5 Å². The van der Waals surface area contributed by atoms with E-state index in [-0.39, 0.29) is 5.91 Å². The molecule has 5 nitrogen and oxygen atoms in total. The molecule has 0 aliphatic carbocycles. The van der Waals surface area contributed by atoms with Gasteiger partial charge in [-0.15, -0.1) is 11.3 Å². The lowest BCUT2D eigenvalue weighted by molar-refractivity contribution is 0.0763. The zero-order valence-electron chi connectivity index (χ0n) is 15.5. The van der Waals surface area contributed by atoms with Crippen LogP contribution in [0.25, 0.3) is 10.6 Å². The molecule has 0 saturated carbocycles. The molecule has 1 amide bonds. The van der Waals surface area contributed by atoms with Crippen LogP contribution in [0.1, 0.15) is 22.3 Å². The van der Waals surface area contributed by atoms with Gasteiger partial charge in [-0.3, -0.25) is 9.48 Å². The number of hydrogen-bond acceptors (Lipinski definition) is 4. The monoisotopic (exact) mass is 380 g/mol. The lowest BCUT2D eigenvalue weighted by Crippen LogP contribution is -2.34. The van der Waals surface area contributed by atoms with Crippen molar-refractivity contribution in [2.75, 3.05) is 33.2 Å². The number of carbonyl (C=O) groups is 1. The molecule has 0 spiro atoms. The Morgan fingerprint density at radius 3 is 2.70 bits per heavy atom. The molecule has 0 bridgehead atoms. The van der Waals surface area contributed by atoms with Crippen molar-refractivity contribution in [3.05, 3.63) is 65.2 Å². The Kier molecular flexibility index (Phi) is 5.36. The van der Waals surface area contributed by atoms with Gasteiger partial charge in [-0.25, -0.2) is 0 Å². The minimum absolute atomic E-state index is 0.0908. The number of rotatable bonds is 4. The molecule has 0 radical (unpaired) electrons. The highest BCUT2D eigenvalue weighted by molar-refractivity contribution is 7.13. The fourth-order valence-electron chi connectivity index (χ4n) is 3.44. The highest BCUT2D eigenvalue weighted by Gasteiger charge is 2.25. The molecule has 0 atom stereocenters. The van der Waals surface area contributed by atoms with E-state index in [1.54, 1.807) is 11.3 Å². The number of aromatic nitrogens is 2. The first-order valence-electron chi connectivity index (χ1n) is 9.34. The highest BCUT2D eigenvalue weighted by atomic mass is 32.1. The molecule has 6 heteroatoms. The maximum Gasteiger partial charge on any atom is 0.257 e. The van der Waals surface area contributed by atoms with Gasteiger partial charge >= 0.3 is 0 Å². The van der Waals surface area contributed by atoms with E-state index in [0.717, 1.165) is 43.2 Å². The summed E-state index contributed by atoms with van der Waals surface area (Å²) in [6, 6.07) is 14.3. The molecule has 1 aliphatic rings. The van der Waals surface area contributed by atoms with Gasteiger partial charge in [0.05, 0.1) is 17.0 Å². The van der Waals surface area contributed by atoms with Gasteiger partial charge in [0.2, 0.25) is 0 Å². The second kappa shape index (κ2) is 8.06. The summed E-state index contributed by atoms with van der Waals surface area (Å²) in [6.07, 6.45) is 2.92. The molecule has 3 aromatic rings. The number of thiophene rings is 1. The lowest BCUT2D eigenvalue weighted by Gasteiger charge is -2.20. The second-order valence-electron chi connectivity index (χ2n) is 7.00. The molecule has 0 N–H and O–H groups in total. The smallest absolute Gasteiger partial charge is 0.257 e. The third-order valence-electron chi connectivity index (χ3n) is 4.94. The van der Waals surface area contributed by atoms with Gasteiger partial charge in [0.25, 0.3) is 5.91 Å². The topological polar surface area (TPSA) is 41.4 Å². The van der Waals surface area contributed by atoms with E-state index in [2.05, 4.69) is 24.1 Å². The predicted molar refractivity (Wildman–Crippen MR) is 109 cm³/mol. The molecule has 4 rings (SSSR count). The zero-order valence-corrected chi connectivity index (χ0v) is 16.4. The molecule has 1 aromatic carbocycles. The zero-order chi connectivity index (χ0) is 18.6. The predicted octanol–water partition coefficient (Wildman–Crippen LogP) is 3.44. The molecule has 3 heterocycles. The minimum Gasteiger partial charge on any atom is -0.337 e. The first kappa shape index (κ1) is 17.9. The van der Waals surface area contributed by atoms with Crippen molar-refractivity contribution in [1.82, 2.24) is 19.6 Å². The van der Waals surface area contributed by atoms with Crippen LogP contribution in [0.4, 0.5) is 0 Å². The van der Waals surface area contributed by atoms with Crippen LogP contribution in [-0.2, 0) is 6.54 Å². The summed E-state index contributed by atoms with van der Waals surface area (Å²) < 4.78 is 1.89. The van der Waals surface area contributed by atoms with Crippen LogP contribution >= 0.6 is 11.3 Å². The normalized spacial score (nSPS) is 15.7. The van der Waals surface area contributed by atoms with Gasteiger partial charge in [0.15, 0.2) is 0 Å². The summed E-state index contributed by atoms with van der Waals surface area (Å²) in [5.41, 5.74) is 2.68. The summed E-state index contributed by atoms with van der Waals surface area (Å²) in [5.74, 6) is 0.0908. The maximum absolute atomic E-state index is 13.3. The fourth-order valence-corrected chi connectivity index (χ4v) is 4.17. The maximum atomic E-state index is 13.3. The van der Waals surface area contributed by atoms with Crippen molar-refractivity contribution in [3.8, 4) is 10.6 Å². The van der Waals surface area contributed by atoms with Crippen LogP contribution in [-0.4, -0.2) is 58.7 Å². The van der Waals surface area contributed by atoms with Crippen LogP contribution in [0.2, 0.25) is 0 Å². The number of benzene rings is 1. The highest BCUT2D eigenvalue weighted by Crippen LogP contribution is 2.28. The summed E-state index contributed by atoms with van der Waals surface area (Å²) in [6.45, 7) is 4.18. The van der Waals surface area contributed by atoms with Gasteiger partial charge in [0.1, 0.15) is 5.69 Å². The molecule has 2 aromatic heterocycles. The van der Waals surface area contributed by atoms with Crippen molar-refractivity contribution in [3.63, 3.8) is 0 Å². The Morgan fingerprint density at radius 1 is 1.07 bits per heavy atom. The molecule has 1 saturated heterocycles. The first-order chi connectivity index (χ1) is 13.2. The average Bonchev–Trinajstić information content (AvgIpc) is 3.29. The van der Waals surface area contributed by atoms with Crippen LogP contribution in [0, 0.1) is 0 Å². The minimum atomic E-state index is 0.0908. The number of carbonyl (C=O) groups excluding carboxylic acids is 1. The Bertz CT molecular complexity index is 888. The van der Waals surface area contributed by atoms with Gasteiger partial charge in [0, 0.05) is 25.8 Å². The average molecular weight is 381 g/mol. The number of likely N-dealkylation sites (N-methyl/N-ethyl adjacent to an activating group) is 1. The summed E-state index contributed by atoms with van der Waals surface area (Å²) in [4.78, 5) is 18.6. The Balaban J connectivity index is 1.64. The lowest BCUT2D eigenvalue weighted by atomic mass is 10.2. The van der Waals surface area contributed by atoms with Crippen LogP contribution in [0.5, 0.6) is 0 Å². The molecule has 27 heavy (non-hydrogen) atoms. The van der Waals surface area contributed by atoms with Gasteiger partial charge in [-0.1, -0.05) is 36.4 Å². The number of hydrogen-bond donors (Lipinski definition) is 0. The van der Waals surface area contributed by atoms with Crippen molar-refractivity contribution in [2.45, 2.75) is 13.0 Å². The van der Waals surface area contributed by atoms with Gasteiger partial charge in [-0.2, -0.15) is 5.10 Å². The van der Waals surface area contributed by atoms with Crippen molar-refractivity contribution < 1.29 is 4.79 Å². The Labute approximate surface area is 163 Å². The molecule has 0 unspecified atom stereocenters. The second-order valence-corrected chi connectivity index (χ2v) is 7.95. The summed E-state index contributed by atoms with van der Waals surface area (Å²) >= 11 is 1.62. The van der Waals surface area contributed by atoms with Crippen molar-refractivity contribution in [1.29, 1.82) is 0 Å². The molecule has 1 fully saturated rings. The van der Waals surface area contributed by atoms with Gasteiger partial charge in [-0.05, 0) is 37.0 Å². The molecule has 1 aliphatic heterocycles. The van der Waals surface area contributed by atoms with E-state index in [9.17, 15) is 4.79 Å². The van der Waals surface area contributed by atoms with E-state index in [0.29, 0.717) is 12.1 Å². The summed E-state index contributed by atoms with van der Waals surface area (Å²) in [5, 5.41) is 6.80. The van der Waals surface area contributed by atoms with E-state index >= 15 is 0 Å². The molecular weight excluding hydrogens is 356 g/mol. The van der Waals surface area contributed by atoms with Crippen LogP contribution in [0.3, 0.4) is 0 Å². The van der Waals surface area contributed by atoms with E-state index in [1.165, 1.54) is 5.56 Å². The standard InChI is InChI=1S/C21H24N4OS/c1-23-10-6-11-24(13-12-23)21(26)18-16-25(15-17-7-3-2-4-8-17)22-20(18)19-9-5-14-27-19/h2-5,7-9,14,16H,6,10-13,15H2,1H3. The Hall–Kier alpha value is -2.44.